The molecule has 31 heavy (non-hydrogen) atoms. The van der Waals surface area contributed by atoms with Crippen LogP contribution in [0.5, 0.6) is 0 Å². The van der Waals surface area contributed by atoms with Gasteiger partial charge in [0.25, 0.3) is 0 Å². The molecule has 5 rings (SSSR count). The van der Waals surface area contributed by atoms with Crippen molar-refractivity contribution in [2.75, 3.05) is 31.7 Å². The summed E-state index contributed by atoms with van der Waals surface area (Å²) in [6, 6.07) is 19.2. The fourth-order valence-electron chi connectivity index (χ4n) is 4.22. The van der Waals surface area contributed by atoms with Crippen LogP contribution in [0.4, 0.5) is 11.5 Å². The Morgan fingerprint density at radius 2 is 1.94 bits per heavy atom. The van der Waals surface area contributed by atoms with Gasteiger partial charge in [-0.25, -0.2) is 9.97 Å². The van der Waals surface area contributed by atoms with E-state index in [-0.39, 0.29) is 0 Å². The van der Waals surface area contributed by atoms with Gasteiger partial charge in [0.1, 0.15) is 11.8 Å². The molecule has 4 aromatic rings. The van der Waals surface area contributed by atoms with Gasteiger partial charge in [-0.05, 0) is 40.8 Å². The van der Waals surface area contributed by atoms with Crippen LogP contribution in [0, 0.1) is 0 Å². The molecule has 0 unspecified atom stereocenters. The van der Waals surface area contributed by atoms with Crippen molar-refractivity contribution in [3.8, 4) is 11.1 Å². The predicted molar refractivity (Wildman–Crippen MR) is 124 cm³/mol. The van der Waals surface area contributed by atoms with Crippen molar-refractivity contribution >= 4 is 22.5 Å². The van der Waals surface area contributed by atoms with Crippen LogP contribution in [-0.2, 0) is 17.7 Å². The average Bonchev–Trinajstić information content (AvgIpc) is 3.26. The zero-order chi connectivity index (χ0) is 21.0. The summed E-state index contributed by atoms with van der Waals surface area (Å²) in [5, 5.41) is 3.35. The summed E-state index contributed by atoms with van der Waals surface area (Å²) >= 11 is 0. The van der Waals surface area contributed by atoms with Crippen LogP contribution >= 0.6 is 0 Å². The monoisotopic (exact) mass is 411 g/mol. The third-order valence-electron chi connectivity index (χ3n) is 5.69. The molecule has 3 heterocycles. The molecule has 1 aliphatic heterocycles. The number of hydrogen-bond acceptors (Lipinski definition) is 6. The van der Waals surface area contributed by atoms with Gasteiger partial charge in [0.2, 0.25) is 0 Å². The number of ether oxygens (including phenoxy) is 1. The fourth-order valence-corrected chi connectivity index (χ4v) is 4.22. The highest BCUT2D eigenvalue weighted by Gasteiger charge is 2.26. The number of benzene rings is 2. The lowest BCUT2D eigenvalue weighted by Gasteiger charge is -2.20. The van der Waals surface area contributed by atoms with E-state index in [0.717, 1.165) is 48.5 Å². The maximum Gasteiger partial charge on any atom is 0.163 e. The maximum absolute atomic E-state index is 5.08. The minimum absolute atomic E-state index is 0.687. The fraction of sp³-hybridized carbons (Fsp3) is 0.240. The van der Waals surface area contributed by atoms with E-state index >= 15 is 0 Å². The summed E-state index contributed by atoms with van der Waals surface area (Å²) < 4.78 is 5.08. The van der Waals surface area contributed by atoms with Gasteiger partial charge in [-0.15, -0.1) is 0 Å². The number of fused-ring (bicyclic) bond motifs is 2. The lowest BCUT2D eigenvalue weighted by atomic mass is 9.98. The van der Waals surface area contributed by atoms with Crippen molar-refractivity contribution in [3.05, 3.63) is 78.2 Å². The molecule has 0 fully saturated rings. The molecule has 0 aliphatic carbocycles. The van der Waals surface area contributed by atoms with Gasteiger partial charge < -0.3 is 15.0 Å². The molecule has 6 nitrogen and oxygen atoms in total. The minimum Gasteiger partial charge on any atom is -0.383 e. The van der Waals surface area contributed by atoms with Gasteiger partial charge in [0.15, 0.2) is 5.82 Å². The number of methoxy groups -OCH3 is 1. The smallest absolute Gasteiger partial charge is 0.163 e. The number of nitrogens with zero attached hydrogens (tertiary/aromatic N) is 4. The molecule has 0 radical (unpaired) electrons. The number of aromatic nitrogens is 3. The highest BCUT2D eigenvalue weighted by Crippen LogP contribution is 2.40. The summed E-state index contributed by atoms with van der Waals surface area (Å²) in [4.78, 5) is 16.1. The van der Waals surface area contributed by atoms with Crippen molar-refractivity contribution in [1.29, 1.82) is 0 Å². The molecule has 0 amide bonds. The van der Waals surface area contributed by atoms with Crippen LogP contribution in [0.25, 0.3) is 22.2 Å². The Kier molecular flexibility index (Phi) is 5.56. The van der Waals surface area contributed by atoms with E-state index < -0.39 is 0 Å². The van der Waals surface area contributed by atoms with Crippen LogP contribution in [0.1, 0.15) is 11.1 Å². The molecule has 6 heteroatoms. The number of nitrogens with one attached hydrogen (secondary N) is 1. The second-order valence-corrected chi connectivity index (χ2v) is 7.65. The quantitative estimate of drug-likeness (QED) is 0.462. The van der Waals surface area contributed by atoms with E-state index in [1.807, 2.05) is 6.20 Å². The Bertz CT molecular complexity index is 1200. The van der Waals surface area contributed by atoms with Crippen molar-refractivity contribution in [3.63, 3.8) is 0 Å². The summed E-state index contributed by atoms with van der Waals surface area (Å²) in [5.41, 5.74) is 7.90. The minimum atomic E-state index is 0.687. The number of hydrogen-bond donors (Lipinski definition) is 1. The zero-order valence-electron chi connectivity index (χ0n) is 17.6. The van der Waals surface area contributed by atoms with E-state index in [2.05, 4.69) is 74.8 Å². The van der Waals surface area contributed by atoms with Crippen LogP contribution in [-0.4, -0.2) is 41.8 Å². The lowest BCUT2D eigenvalue weighted by molar-refractivity contribution is 0.199. The van der Waals surface area contributed by atoms with Gasteiger partial charge in [0, 0.05) is 38.6 Å². The Morgan fingerprint density at radius 3 is 2.81 bits per heavy atom. The predicted octanol–water partition coefficient (Wildman–Crippen LogP) is 4.12. The molecule has 2 aromatic carbocycles. The Morgan fingerprint density at radius 1 is 1.03 bits per heavy atom. The second kappa shape index (κ2) is 8.79. The third-order valence-corrected chi connectivity index (χ3v) is 5.69. The molecule has 0 bridgehead atoms. The molecule has 0 atom stereocenters. The van der Waals surface area contributed by atoms with E-state index in [4.69, 9.17) is 9.72 Å². The molecular formula is C25H25N5O. The first-order valence-corrected chi connectivity index (χ1v) is 10.6. The largest absolute Gasteiger partial charge is 0.383 e. The molecule has 1 aliphatic rings. The highest BCUT2D eigenvalue weighted by molar-refractivity contribution is 5.90. The molecule has 0 saturated heterocycles. The van der Waals surface area contributed by atoms with Gasteiger partial charge in [-0.2, -0.15) is 0 Å². The van der Waals surface area contributed by atoms with E-state index in [1.165, 1.54) is 22.4 Å². The van der Waals surface area contributed by atoms with Crippen LogP contribution in [0.2, 0.25) is 0 Å². The SMILES string of the molecule is COCCNCc1cnc2c(N3CCc4c(-c5ccccc5)cccc43)ncnc2c1. The van der Waals surface area contributed by atoms with Gasteiger partial charge in [-0.3, -0.25) is 4.98 Å². The van der Waals surface area contributed by atoms with Gasteiger partial charge in [-0.1, -0.05) is 42.5 Å². The van der Waals surface area contributed by atoms with Gasteiger partial charge in [0.05, 0.1) is 12.1 Å². The standard InChI is InChI=1S/C25H25N5O/c1-31-13-11-26-15-18-14-22-24(27-16-18)25(29-17-28-22)30-12-10-21-20(8-5-9-23(21)30)19-6-3-2-4-7-19/h2-9,14,16-17,26H,10-13,15H2,1H3. The van der Waals surface area contributed by atoms with Gasteiger partial charge >= 0.3 is 0 Å². The number of pyridine rings is 1. The summed E-state index contributed by atoms with van der Waals surface area (Å²) in [5.74, 6) is 0.868. The molecule has 1 N–H and O–H groups in total. The first-order chi connectivity index (χ1) is 15.3. The highest BCUT2D eigenvalue weighted by atomic mass is 16.5. The molecule has 2 aromatic heterocycles. The molecule has 0 saturated carbocycles. The normalized spacial score (nSPS) is 13.0. The first kappa shape index (κ1) is 19.6. The summed E-state index contributed by atoms with van der Waals surface area (Å²) in [7, 11) is 1.71. The van der Waals surface area contributed by atoms with Crippen molar-refractivity contribution in [1.82, 2.24) is 20.3 Å². The topological polar surface area (TPSA) is 63.2 Å². The first-order valence-electron chi connectivity index (χ1n) is 10.6. The summed E-state index contributed by atoms with van der Waals surface area (Å²) in [6.07, 6.45) is 4.53. The third kappa shape index (κ3) is 3.87. The van der Waals surface area contributed by atoms with Crippen LogP contribution in [0.3, 0.4) is 0 Å². The van der Waals surface area contributed by atoms with E-state index in [9.17, 15) is 0 Å². The molecular weight excluding hydrogens is 386 g/mol. The zero-order valence-corrected chi connectivity index (χ0v) is 17.6. The van der Waals surface area contributed by atoms with Crippen molar-refractivity contribution in [2.24, 2.45) is 0 Å². The van der Waals surface area contributed by atoms with Crippen LogP contribution < -0.4 is 10.2 Å². The average molecular weight is 412 g/mol. The molecule has 0 spiro atoms. The second-order valence-electron chi connectivity index (χ2n) is 7.65. The lowest BCUT2D eigenvalue weighted by Crippen LogP contribution is -2.19. The van der Waals surface area contributed by atoms with Crippen molar-refractivity contribution < 1.29 is 4.74 Å². The Labute approximate surface area is 181 Å². The maximum atomic E-state index is 5.08. The number of rotatable bonds is 7. The van der Waals surface area contributed by atoms with Crippen molar-refractivity contribution in [2.45, 2.75) is 13.0 Å². The Hall–Kier alpha value is -3.35. The molecule has 156 valence electrons. The van der Waals surface area contributed by atoms with Crippen LogP contribution in [0.15, 0.2) is 67.1 Å². The summed E-state index contributed by atoms with van der Waals surface area (Å²) in [6.45, 7) is 3.11. The van der Waals surface area contributed by atoms with E-state index in [1.54, 1.807) is 13.4 Å². The van der Waals surface area contributed by atoms with E-state index in [0.29, 0.717) is 6.61 Å². The Balaban J connectivity index is 1.48. The number of anilines is 2.